The molecule has 3 rings (SSSR count). The van der Waals surface area contributed by atoms with E-state index in [2.05, 4.69) is 11.4 Å². The molecule has 2 aromatic carbocycles. The average molecular weight is 348 g/mol. The lowest BCUT2D eigenvalue weighted by atomic mass is 10.1. The molecule has 0 saturated carbocycles. The van der Waals surface area contributed by atoms with Crippen LogP contribution in [0, 0.1) is 11.3 Å². The Kier molecular flexibility index (Phi) is 5.45. The van der Waals surface area contributed by atoms with Gasteiger partial charge in [-0.3, -0.25) is 4.79 Å². The third-order valence-electron chi connectivity index (χ3n) is 3.65. The number of anilines is 1. The fourth-order valence-electron chi connectivity index (χ4n) is 2.31. The molecule has 0 radical (unpaired) electrons. The monoisotopic (exact) mass is 348 g/mol. The van der Waals surface area contributed by atoms with Crippen LogP contribution >= 0.6 is 11.3 Å². The fraction of sp³-hybridized carbons (Fsp3) is 0.100. The summed E-state index contributed by atoms with van der Waals surface area (Å²) in [7, 11) is 0. The van der Waals surface area contributed by atoms with Crippen molar-refractivity contribution in [2.24, 2.45) is 0 Å². The molecule has 1 heterocycles. The third kappa shape index (κ3) is 4.46. The quantitative estimate of drug-likeness (QED) is 0.705. The zero-order valence-corrected chi connectivity index (χ0v) is 14.3. The number of amides is 1. The molecule has 124 valence electrons. The van der Waals surface area contributed by atoms with Crippen molar-refractivity contribution in [2.75, 3.05) is 5.32 Å². The molecule has 0 aliphatic heterocycles. The smallest absolute Gasteiger partial charge is 0.256 e. The summed E-state index contributed by atoms with van der Waals surface area (Å²) >= 11 is 1.49. The van der Waals surface area contributed by atoms with Gasteiger partial charge in [0.1, 0.15) is 12.4 Å². The van der Waals surface area contributed by atoms with E-state index >= 15 is 0 Å². The van der Waals surface area contributed by atoms with E-state index in [-0.39, 0.29) is 5.91 Å². The van der Waals surface area contributed by atoms with Crippen molar-refractivity contribution in [3.8, 4) is 11.8 Å². The van der Waals surface area contributed by atoms with Gasteiger partial charge in [0, 0.05) is 16.6 Å². The SMILES string of the molecule is N#CCc1ccc(OCc2ccccc2NC(=O)c2ccsc2)cc1. The molecule has 1 N–H and O–H groups in total. The zero-order chi connectivity index (χ0) is 17.5. The van der Waals surface area contributed by atoms with E-state index in [4.69, 9.17) is 10.00 Å². The van der Waals surface area contributed by atoms with Gasteiger partial charge in [-0.1, -0.05) is 30.3 Å². The van der Waals surface area contributed by atoms with Crippen molar-refractivity contribution in [2.45, 2.75) is 13.0 Å². The van der Waals surface area contributed by atoms with Crippen molar-refractivity contribution in [3.63, 3.8) is 0 Å². The Morgan fingerprint density at radius 3 is 2.64 bits per heavy atom. The van der Waals surface area contributed by atoms with Crippen molar-refractivity contribution in [3.05, 3.63) is 82.0 Å². The highest BCUT2D eigenvalue weighted by Gasteiger charge is 2.09. The molecule has 0 unspecified atom stereocenters. The van der Waals surface area contributed by atoms with Gasteiger partial charge in [-0.15, -0.1) is 0 Å². The molecule has 4 nitrogen and oxygen atoms in total. The normalized spacial score (nSPS) is 10.0. The summed E-state index contributed by atoms with van der Waals surface area (Å²) in [4.78, 5) is 12.2. The highest BCUT2D eigenvalue weighted by atomic mass is 32.1. The lowest BCUT2D eigenvalue weighted by Crippen LogP contribution is -2.13. The van der Waals surface area contributed by atoms with Crippen LogP contribution in [0.2, 0.25) is 0 Å². The predicted octanol–water partition coefficient (Wildman–Crippen LogP) is 4.65. The number of nitriles is 1. The number of thiophene rings is 1. The molecule has 5 heteroatoms. The van der Waals surface area contributed by atoms with Crippen LogP contribution in [0.3, 0.4) is 0 Å². The van der Waals surface area contributed by atoms with E-state index in [0.717, 1.165) is 22.6 Å². The van der Waals surface area contributed by atoms with Crippen LogP contribution in [-0.4, -0.2) is 5.91 Å². The van der Waals surface area contributed by atoms with Gasteiger partial charge in [0.15, 0.2) is 0 Å². The summed E-state index contributed by atoms with van der Waals surface area (Å²) in [6.45, 7) is 0.345. The van der Waals surface area contributed by atoms with Crippen LogP contribution in [0.5, 0.6) is 5.75 Å². The van der Waals surface area contributed by atoms with Crippen LogP contribution < -0.4 is 10.1 Å². The lowest BCUT2D eigenvalue weighted by molar-refractivity contribution is 0.102. The number of nitrogens with one attached hydrogen (secondary N) is 1. The Labute approximate surface area is 150 Å². The van der Waals surface area contributed by atoms with Gasteiger partial charge < -0.3 is 10.1 Å². The fourth-order valence-corrected chi connectivity index (χ4v) is 2.95. The summed E-state index contributed by atoms with van der Waals surface area (Å²) in [5.74, 6) is 0.593. The standard InChI is InChI=1S/C20H16N2O2S/c21-11-9-15-5-7-18(8-6-15)24-13-16-3-1-2-4-19(16)22-20(23)17-10-12-25-14-17/h1-8,10,12,14H,9,13H2,(H,22,23). The first-order chi connectivity index (χ1) is 12.3. The highest BCUT2D eigenvalue weighted by molar-refractivity contribution is 7.08. The van der Waals surface area contributed by atoms with E-state index in [9.17, 15) is 4.79 Å². The molecular formula is C20H16N2O2S. The molecule has 0 saturated heterocycles. The molecule has 0 bridgehead atoms. The number of carbonyl (C=O) groups excluding carboxylic acids is 1. The molecular weight excluding hydrogens is 332 g/mol. The van der Waals surface area contributed by atoms with E-state index < -0.39 is 0 Å². The summed E-state index contributed by atoms with van der Waals surface area (Å²) in [5, 5.41) is 15.3. The Morgan fingerprint density at radius 2 is 1.92 bits per heavy atom. The van der Waals surface area contributed by atoms with Gasteiger partial charge >= 0.3 is 0 Å². The average Bonchev–Trinajstić information content (AvgIpc) is 3.17. The van der Waals surface area contributed by atoms with Gasteiger partial charge in [0.25, 0.3) is 5.91 Å². The highest BCUT2D eigenvalue weighted by Crippen LogP contribution is 2.20. The largest absolute Gasteiger partial charge is 0.489 e. The Hall–Kier alpha value is -3.10. The topological polar surface area (TPSA) is 62.1 Å². The number of para-hydroxylation sites is 1. The van der Waals surface area contributed by atoms with Crippen LogP contribution in [0.25, 0.3) is 0 Å². The maximum Gasteiger partial charge on any atom is 0.256 e. The van der Waals surface area contributed by atoms with E-state index in [1.807, 2.05) is 59.3 Å². The van der Waals surface area contributed by atoms with Crippen molar-refractivity contribution < 1.29 is 9.53 Å². The number of hydrogen-bond donors (Lipinski definition) is 1. The van der Waals surface area contributed by atoms with E-state index in [0.29, 0.717) is 18.6 Å². The molecule has 0 fully saturated rings. The van der Waals surface area contributed by atoms with E-state index in [1.165, 1.54) is 11.3 Å². The molecule has 1 aromatic heterocycles. The van der Waals surface area contributed by atoms with Gasteiger partial charge in [-0.25, -0.2) is 0 Å². The zero-order valence-electron chi connectivity index (χ0n) is 13.4. The summed E-state index contributed by atoms with van der Waals surface area (Å²) in [6, 6.07) is 18.9. The first-order valence-corrected chi connectivity index (χ1v) is 8.70. The molecule has 0 aliphatic rings. The second-order valence-corrected chi connectivity index (χ2v) is 6.17. The first kappa shape index (κ1) is 16.7. The number of hydrogen-bond acceptors (Lipinski definition) is 4. The molecule has 1 amide bonds. The van der Waals surface area contributed by atoms with E-state index in [1.54, 1.807) is 6.07 Å². The summed E-state index contributed by atoms with van der Waals surface area (Å²) in [6.07, 6.45) is 0.387. The summed E-state index contributed by atoms with van der Waals surface area (Å²) < 4.78 is 5.81. The van der Waals surface area contributed by atoms with Crippen molar-refractivity contribution >= 4 is 22.9 Å². The van der Waals surface area contributed by atoms with Crippen LogP contribution in [-0.2, 0) is 13.0 Å². The van der Waals surface area contributed by atoms with Crippen molar-refractivity contribution in [1.29, 1.82) is 5.26 Å². The molecule has 3 aromatic rings. The van der Waals surface area contributed by atoms with Gasteiger partial charge in [0.05, 0.1) is 18.1 Å². The Morgan fingerprint density at radius 1 is 1.12 bits per heavy atom. The Bertz CT molecular complexity index is 881. The number of benzene rings is 2. The minimum absolute atomic E-state index is 0.130. The van der Waals surface area contributed by atoms with Crippen LogP contribution in [0.1, 0.15) is 21.5 Å². The minimum atomic E-state index is -0.130. The predicted molar refractivity (Wildman–Crippen MR) is 98.8 cm³/mol. The molecule has 0 spiro atoms. The Balaban J connectivity index is 1.66. The number of ether oxygens (including phenoxy) is 1. The lowest BCUT2D eigenvalue weighted by Gasteiger charge is -2.12. The molecule has 25 heavy (non-hydrogen) atoms. The third-order valence-corrected chi connectivity index (χ3v) is 4.33. The maximum absolute atomic E-state index is 12.2. The number of rotatable bonds is 6. The number of nitrogens with zero attached hydrogens (tertiary/aromatic N) is 1. The van der Waals surface area contributed by atoms with Gasteiger partial charge in [-0.05, 0) is 35.2 Å². The maximum atomic E-state index is 12.2. The van der Waals surface area contributed by atoms with Gasteiger partial charge in [-0.2, -0.15) is 16.6 Å². The minimum Gasteiger partial charge on any atom is -0.489 e. The summed E-state index contributed by atoms with van der Waals surface area (Å²) in [5.41, 5.74) is 3.24. The molecule has 0 atom stereocenters. The second-order valence-electron chi connectivity index (χ2n) is 5.39. The van der Waals surface area contributed by atoms with Crippen LogP contribution in [0.15, 0.2) is 65.4 Å². The van der Waals surface area contributed by atoms with Crippen LogP contribution in [0.4, 0.5) is 5.69 Å². The second kappa shape index (κ2) is 8.13. The van der Waals surface area contributed by atoms with Crippen molar-refractivity contribution in [1.82, 2.24) is 0 Å². The number of carbonyl (C=O) groups is 1. The van der Waals surface area contributed by atoms with Gasteiger partial charge in [0.2, 0.25) is 0 Å². The first-order valence-electron chi connectivity index (χ1n) is 7.76. The molecule has 0 aliphatic carbocycles.